The molecule has 0 saturated heterocycles. The zero-order chi connectivity index (χ0) is 14.5. The van der Waals surface area contributed by atoms with Crippen molar-refractivity contribution in [2.75, 3.05) is 18.4 Å². The maximum absolute atomic E-state index is 12.3. The molecule has 0 radical (unpaired) electrons. The molecule has 2 rings (SSSR count). The molecule has 0 aliphatic carbocycles. The molecule has 0 saturated carbocycles. The number of rotatable bonds is 4. The van der Waals surface area contributed by atoms with Gasteiger partial charge in [-0.1, -0.05) is 29.8 Å². The maximum atomic E-state index is 12.3. The van der Waals surface area contributed by atoms with Crippen LogP contribution in [0.2, 0.25) is 0 Å². The Labute approximate surface area is 120 Å². The summed E-state index contributed by atoms with van der Waals surface area (Å²) in [4.78, 5) is 14.5. The van der Waals surface area contributed by atoms with E-state index in [1.54, 1.807) is 0 Å². The monoisotopic (exact) mass is 273 g/mol. The van der Waals surface area contributed by atoms with Crippen molar-refractivity contribution in [2.24, 2.45) is 5.73 Å². The molecule has 4 heteroatoms. The highest BCUT2D eigenvalue weighted by molar-refractivity contribution is 5.94. The van der Waals surface area contributed by atoms with Crippen LogP contribution < -0.4 is 11.1 Å². The average Bonchev–Trinajstić information content (AvgIpc) is 2.48. The van der Waals surface area contributed by atoms with Crippen LogP contribution in [0.5, 0.6) is 0 Å². The van der Waals surface area contributed by atoms with Crippen LogP contribution in [0.4, 0.5) is 5.69 Å². The summed E-state index contributed by atoms with van der Waals surface area (Å²) in [5, 5.41) is 2.97. The van der Waals surface area contributed by atoms with E-state index in [0.29, 0.717) is 6.54 Å². The molecule has 0 spiro atoms. The Kier molecular flexibility index (Phi) is 4.93. The van der Waals surface area contributed by atoms with Crippen LogP contribution in [0.1, 0.15) is 18.9 Å². The first-order valence-corrected chi connectivity index (χ1v) is 7.12. The van der Waals surface area contributed by atoms with Gasteiger partial charge in [0.05, 0.1) is 6.04 Å². The third-order valence-electron chi connectivity index (χ3n) is 3.78. The number of aryl methyl sites for hydroxylation is 1. The Morgan fingerprint density at radius 2 is 2.15 bits per heavy atom. The summed E-state index contributed by atoms with van der Waals surface area (Å²) in [5.41, 5.74) is 7.79. The van der Waals surface area contributed by atoms with Crippen molar-refractivity contribution in [1.29, 1.82) is 0 Å². The largest absolute Gasteiger partial charge is 0.329 e. The molecule has 0 fully saturated rings. The van der Waals surface area contributed by atoms with Crippen LogP contribution >= 0.6 is 0 Å². The molecular weight excluding hydrogens is 250 g/mol. The molecular formula is C16H23N3O. The average molecular weight is 273 g/mol. The van der Waals surface area contributed by atoms with E-state index >= 15 is 0 Å². The van der Waals surface area contributed by atoms with Gasteiger partial charge in [-0.2, -0.15) is 0 Å². The van der Waals surface area contributed by atoms with Gasteiger partial charge in [-0.05, 0) is 32.4 Å². The van der Waals surface area contributed by atoms with Crippen LogP contribution in [-0.2, 0) is 4.79 Å². The zero-order valence-corrected chi connectivity index (χ0v) is 12.2. The molecule has 4 nitrogen and oxygen atoms in total. The number of nitrogens with two attached hydrogens (primary N) is 1. The second kappa shape index (κ2) is 6.68. The van der Waals surface area contributed by atoms with Gasteiger partial charge in [0.25, 0.3) is 0 Å². The van der Waals surface area contributed by atoms with Gasteiger partial charge in [0, 0.05) is 24.8 Å². The van der Waals surface area contributed by atoms with Crippen molar-refractivity contribution in [2.45, 2.75) is 32.4 Å². The summed E-state index contributed by atoms with van der Waals surface area (Å²) in [5.74, 6) is 0.0163. The lowest BCUT2D eigenvalue weighted by Crippen LogP contribution is -2.51. The van der Waals surface area contributed by atoms with Gasteiger partial charge in [-0.3, -0.25) is 9.69 Å². The van der Waals surface area contributed by atoms with E-state index in [1.165, 1.54) is 5.56 Å². The summed E-state index contributed by atoms with van der Waals surface area (Å²) in [6.07, 6.45) is 5.20. The molecule has 1 aromatic carbocycles. The number of carbonyl (C=O) groups excluding carboxylic acids is 1. The van der Waals surface area contributed by atoms with Crippen molar-refractivity contribution in [3.05, 3.63) is 42.0 Å². The number of hydrogen-bond donors (Lipinski definition) is 2. The van der Waals surface area contributed by atoms with Crippen molar-refractivity contribution in [1.82, 2.24) is 4.90 Å². The lowest BCUT2D eigenvalue weighted by Gasteiger charge is -2.35. The van der Waals surface area contributed by atoms with Gasteiger partial charge < -0.3 is 11.1 Å². The third-order valence-corrected chi connectivity index (χ3v) is 3.78. The van der Waals surface area contributed by atoms with Crippen LogP contribution in [0.15, 0.2) is 36.4 Å². The quantitative estimate of drug-likeness (QED) is 0.824. The molecule has 3 N–H and O–H groups in total. The molecule has 1 aliphatic rings. The minimum Gasteiger partial charge on any atom is -0.329 e. The van der Waals surface area contributed by atoms with E-state index in [4.69, 9.17) is 5.73 Å². The first-order chi connectivity index (χ1) is 9.61. The molecule has 20 heavy (non-hydrogen) atoms. The Balaban J connectivity index is 2.01. The van der Waals surface area contributed by atoms with Gasteiger partial charge in [0.15, 0.2) is 0 Å². The predicted molar refractivity (Wildman–Crippen MR) is 82.6 cm³/mol. The minimum atomic E-state index is -0.185. The van der Waals surface area contributed by atoms with Crippen molar-refractivity contribution < 1.29 is 4.79 Å². The molecule has 1 amide bonds. The minimum absolute atomic E-state index is 0.0163. The highest BCUT2D eigenvalue weighted by Gasteiger charge is 2.27. The van der Waals surface area contributed by atoms with E-state index in [-0.39, 0.29) is 18.0 Å². The van der Waals surface area contributed by atoms with Crippen molar-refractivity contribution in [3.8, 4) is 0 Å². The van der Waals surface area contributed by atoms with Gasteiger partial charge in [-0.15, -0.1) is 0 Å². The standard InChI is InChI=1S/C16H23N3O/c1-12-6-8-14(9-7-12)18-16(20)13(2)19-10-4-3-5-15(19)11-17/h3,5-9,13,15H,4,10-11,17H2,1-2H3,(H,18,20). The van der Waals surface area contributed by atoms with Gasteiger partial charge in [0.1, 0.15) is 0 Å². The van der Waals surface area contributed by atoms with Crippen molar-refractivity contribution in [3.63, 3.8) is 0 Å². The van der Waals surface area contributed by atoms with E-state index in [2.05, 4.69) is 22.4 Å². The maximum Gasteiger partial charge on any atom is 0.241 e. The first-order valence-electron chi connectivity index (χ1n) is 7.12. The van der Waals surface area contributed by atoms with Crippen molar-refractivity contribution >= 4 is 11.6 Å². The highest BCUT2D eigenvalue weighted by Crippen LogP contribution is 2.15. The summed E-state index contributed by atoms with van der Waals surface area (Å²) in [6.45, 7) is 5.38. The summed E-state index contributed by atoms with van der Waals surface area (Å²) >= 11 is 0. The number of carbonyl (C=O) groups is 1. The fourth-order valence-corrected chi connectivity index (χ4v) is 2.48. The molecule has 0 bridgehead atoms. The number of benzene rings is 1. The third kappa shape index (κ3) is 3.46. The van der Waals surface area contributed by atoms with Crippen LogP contribution in [0.25, 0.3) is 0 Å². The Morgan fingerprint density at radius 3 is 2.80 bits per heavy atom. The first kappa shape index (κ1) is 14.8. The van der Waals surface area contributed by atoms with E-state index < -0.39 is 0 Å². The smallest absolute Gasteiger partial charge is 0.241 e. The fraction of sp³-hybridized carbons (Fsp3) is 0.438. The summed E-state index contributed by atoms with van der Waals surface area (Å²) in [6, 6.07) is 7.81. The Hall–Kier alpha value is -1.65. The van der Waals surface area contributed by atoms with Crippen LogP contribution in [0.3, 0.4) is 0 Å². The summed E-state index contributed by atoms with van der Waals surface area (Å²) < 4.78 is 0. The molecule has 1 aromatic rings. The highest BCUT2D eigenvalue weighted by atomic mass is 16.2. The lowest BCUT2D eigenvalue weighted by atomic mass is 10.1. The van der Waals surface area contributed by atoms with Gasteiger partial charge in [-0.25, -0.2) is 0 Å². The normalized spacial score (nSPS) is 20.6. The molecule has 1 aliphatic heterocycles. The lowest BCUT2D eigenvalue weighted by molar-refractivity contribution is -0.121. The Morgan fingerprint density at radius 1 is 1.45 bits per heavy atom. The molecule has 2 atom stereocenters. The molecule has 0 aromatic heterocycles. The van der Waals surface area contributed by atoms with E-state index in [0.717, 1.165) is 18.7 Å². The second-order valence-corrected chi connectivity index (χ2v) is 5.29. The summed E-state index contributed by atoms with van der Waals surface area (Å²) in [7, 11) is 0. The van der Waals surface area contributed by atoms with Crippen LogP contribution in [0, 0.1) is 6.92 Å². The van der Waals surface area contributed by atoms with E-state index in [1.807, 2.05) is 38.1 Å². The molecule has 2 unspecified atom stereocenters. The topological polar surface area (TPSA) is 58.4 Å². The number of nitrogens with one attached hydrogen (secondary N) is 1. The predicted octanol–water partition coefficient (Wildman–Crippen LogP) is 1.91. The van der Waals surface area contributed by atoms with Gasteiger partial charge >= 0.3 is 0 Å². The Bertz CT molecular complexity index is 481. The molecule has 108 valence electrons. The number of hydrogen-bond acceptors (Lipinski definition) is 3. The number of anilines is 1. The number of amides is 1. The zero-order valence-electron chi connectivity index (χ0n) is 12.2. The fourth-order valence-electron chi connectivity index (χ4n) is 2.48. The van der Waals surface area contributed by atoms with Crippen LogP contribution in [-0.4, -0.2) is 36.0 Å². The van der Waals surface area contributed by atoms with Gasteiger partial charge in [0.2, 0.25) is 5.91 Å². The van der Waals surface area contributed by atoms with E-state index in [9.17, 15) is 4.79 Å². The SMILES string of the molecule is Cc1ccc(NC(=O)C(C)N2CCC=CC2CN)cc1. The number of nitrogens with zero attached hydrogens (tertiary/aromatic N) is 1. The molecule has 1 heterocycles. The second-order valence-electron chi connectivity index (χ2n) is 5.29.